The molecule has 1 aliphatic rings. The van der Waals surface area contributed by atoms with Crippen LogP contribution in [0.2, 0.25) is 0 Å². The van der Waals surface area contributed by atoms with Crippen molar-refractivity contribution in [2.45, 2.75) is 26.0 Å². The molecular formula is C21H21NO3. The van der Waals surface area contributed by atoms with Crippen molar-refractivity contribution < 1.29 is 14.3 Å². The molecule has 0 aromatic heterocycles. The molecule has 0 heterocycles. The first-order chi connectivity index (χ1) is 12.2. The molecule has 4 heteroatoms. The van der Waals surface area contributed by atoms with Gasteiger partial charge in [-0.3, -0.25) is 4.79 Å². The van der Waals surface area contributed by atoms with Crippen LogP contribution in [0.1, 0.15) is 24.0 Å². The highest BCUT2D eigenvalue weighted by atomic mass is 16.5. The van der Waals surface area contributed by atoms with E-state index in [9.17, 15) is 4.79 Å². The van der Waals surface area contributed by atoms with Crippen LogP contribution in [-0.2, 0) is 17.9 Å². The van der Waals surface area contributed by atoms with Gasteiger partial charge in [-0.15, -0.1) is 0 Å². The third-order valence-electron chi connectivity index (χ3n) is 3.89. The molecule has 3 rings (SSSR count). The molecule has 1 amide bonds. The minimum absolute atomic E-state index is 0.240. The van der Waals surface area contributed by atoms with Gasteiger partial charge in [0, 0.05) is 12.5 Å². The number of hydrogen-bond donors (Lipinski definition) is 1. The smallest absolute Gasteiger partial charge is 0.296 e. The average molecular weight is 335 g/mol. The third kappa shape index (κ3) is 5.29. The van der Waals surface area contributed by atoms with Crippen molar-refractivity contribution in [3.63, 3.8) is 0 Å². The van der Waals surface area contributed by atoms with Crippen molar-refractivity contribution in [1.82, 2.24) is 5.32 Å². The highest BCUT2D eigenvalue weighted by molar-refractivity contribution is 5.93. The van der Waals surface area contributed by atoms with Gasteiger partial charge in [-0.2, -0.15) is 0 Å². The maximum atomic E-state index is 11.7. The van der Waals surface area contributed by atoms with Crippen molar-refractivity contribution >= 4 is 5.91 Å². The standard InChI is InChI=1S/C21H21NO3/c1-24-20-13-18(14-22-21(23)12-10-16-7-8-16)9-11-19(20)25-15-17-5-3-2-4-6-17/h2-6,9,11,13,16H,7-8,14-15H2,1H3,(H,22,23). The number of benzene rings is 2. The molecule has 1 aliphatic carbocycles. The van der Waals surface area contributed by atoms with Gasteiger partial charge in [-0.25, -0.2) is 0 Å². The van der Waals surface area contributed by atoms with Crippen LogP contribution in [0.3, 0.4) is 0 Å². The van der Waals surface area contributed by atoms with E-state index in [0.717, 1.165) is 24.0 Å². The summed E-state index contributed by atoms with van der Waals surface area (Å²) in [5.74, 6) is 7.09. The number of hydrogen-bond acceptors (Lipinski definition) is 3. The quantitative estimate of drug-likeness (QED) is 0.824. The fourth-order valence-corrected chi connectivity index (χ4v) is 2.30. The van der Waals surface area contributed by atoms with Crippen LogP contribution in [0, 0.1) is 17.8 Å². The lowest BCUT2D eigenvalue weighted by molar-refractivity contribution is -0.115. The second-order valence-electron chi connectivity index (χ2n) is 5.99. The van der Waals surface area contributed by atoms with Gasteiger partial charge in [0.25, 0.3) is 5.91 Å². The zero-order chi connectivity index (χ0) is 17.5. The summed E-state index contributed by atoms with van der Waals surface area (Å²) in [5, 5.41) is 2.80. The number of ether oxygens (including phenoxy) is 2. The molecule has 0 radical (unpaired) electrons. The molecule has 0 bridgehead atoms. The number of methoxy groups -OCH3 is 1. The molecule has 1 N–H and O–H groups in total. The van der Waals surface area contributed by atoms with Crippen LogP contribution in [-0.4, -0.2) is 13.0 Å². The fourth-order valence-electron chi connectivity index (χ4n) is 2.30. The van der Waals surface area contributed by atoms with Gasteiger partial charge in [-0.1, -0.05) is 42.3 Å². The summed E-state index contributed by atoms with van der Waals surface area (Å²) in [5.41, 5.74) is 2.03. The number of rotatable bonds is 6. The minimum atomic E-state index is -0.240. The molecule has 0 aliphatic heterocycles. The highest BCUT2D eigenvalue weighted by Gasteiger charge is 2.18. The lowest BCUT2D eigenvalue weighted by Gasteiger charge is -2.12. The largest absolute Gasteiger partial charge is 0.493 e. The van der Waals surface area contributed by atoms with Crippen LogP contribution in [0.4, 0.5) is 0 Å². The first-order valence-electron chi connectivity index (χ1n) is 8.37. The first-order valence-corrected chi connectivity index (χ1v) is 8.37. The Kier molecular flexibility index (Phi) is 5.58. The van der Waals surface area contributed by atoms with Crippen LogP contribution < -0.4 is 14.8 Å². The van der Waals surface area contributed by atoms with E-state index in [1.807, 2.05) is 48.5 Å². The second kappa shape index (κ2) is 8.25. The van der Waals surface area contributed by atoms with Gasteiger partial charge in [0.1, 0.15) is 6.61 Å². The van der Waals surface area contributed by atoms with E-state index < -0.39 is 0 Å². The molecule has 1 fully saturated rings. The SMILES string of the molecule is COc1cc(CNC(=O)C#CC2CC2)ccc1OCc1ccccc1. The molecule has 1 saturated carbocycles. The van der Waals surface area contributed by atoms with Crippen molar-refractivity contribution in [1.29, 1.82) is 0 Å². The highest BCUT2D eigenvalue weighted by Crippen LogP contribution is 2.29. The minimum Gasteiger partial charge on any atom is -0.493 e. The molecule has 0 saturated heterocycles. The summed E-state index contributed by atoms with van der Waals surface area (Å²) in [6, 6.07) is 15.6. The third-order valence-corrected chi connectivity index (χ3v) is 3.89. The Bertz CT molecular complexity index is 786. The average Bonchev–Trinajstić information content (AvgIpc) is 3.48. The predicted octanol–water partition coefficient (Wildman–Crippen LogP) is 3.30. The summed E-state index contributed by atoms with van der Waals surface area (Å²) in [6.07, 6.45) is 2.23. The summed E-state index contributed by atoms with van der Waals surface area (Å²) < 4.78 is 11.2. The van der Waals surface area contributed by atoms with E-state index in [1.54, 1.807) is 7.11 Å². The molecule has 2 aromatic rings. The van der Waals surface area contributed by atoms with Gasteiger partial charge >= 0.3 is 0 Å². The Morgan fingerprint density at radius 2 is 1.92 bits per heavy atom. The zero-order valence-electron chi connectivity index (χ0n) is 14.2. The fraction of sp³-hybridized carbons (Fsp3) is 0.286. The Balaban J connectivity index is 1.57. The topological polar surface area (TPSA) is 47.6 Å². The molecule has 25 heavy (non-hydrogen) atoms. The Labute approximate surface area is 148 Å². The van der Waals surface area contributed by atoms with Gasteiger partial charge in [0.05, 0.1) is 7.11 Å². The van der Waals surface area contributed by atoms with E-state index in [0.29, 0.717) is 30.6 Å². The molecule has 128 valence electrons. The number of amides is 1. The molecular weight excluding hydrogens is 314 g/mol. The van der Waals surface area contributed by atoms with E-state index in [1.165, 1.54) is 0 Å². The zero-order valence-corrected chi connectivity index (χ0v) is 14.2. The van der Waals surface area contributed by atoms with Crippen LogP contribution in [0.15, 0.2) is 48.5 Å². The molecule has 0 unspecified atom stereocenters. The number of nitrogens with one attached hydrogen (secondary N) is 1. The Hall–Kier alpha value is -2.93. The van der Waals surface area contributed by atoms with Gasteiger partial charge < -0.3 is 14.8 Å². The van der Waals surface area contributed by atoms with E-state index in [4.69, 9.17) is 9.47 Å². The maximum absolute atomic E-state index is 11.7. The number of carbonyl (C=O) groups is 1. The predicted molar refractivity (Wildman–Crippen MR) is 96.1 cm³/mol. The first kappa shape index (κ1) is 16.9. The Morgan fingerprint density at radius 1 is 1.12 bits per heavy atom. The second-order valence-corrected chi connectivity index (χ2v) is 5.99. The lowest BCUT2D eigenvalue weighted by atomic mass is 10.2. The van der Waals surface area contributed by atoms with E-state index in [2.05, 4.69) is 17.2 Å². The van der Waals surface area contributed by atoms with Crippen molar-refractivity contribution in [3.8, 4) is 23.3 Å². The molecule has 0 atom stereocenters. The summed E-state index contributed by atoms with van der Waals surface area (Å²) >= 11 is 0. The maximum Gasteiger partial charge on any atom is 0.296 e. The lowest BCUT2D eigenvalue weighted by Crippen LogP contribution is -2.20. The van der Waals surface area contributed by atoms with Crippen molar-refractivity contribution in [2.24, 2.45) is 5.92 Å². The summed E-state index contributed by atoms with van der Waals surface area (Å²) in [4.78, 5) is 11.7. The number of carbonyl (C=O) groups excluding carboxylic acids is 1. The molecule has 4 nitrogen and oxygen atoms in total. The van der Waals surface area contributed by atoms with E-state index >= 15 is 0 Å². The monoisotopic (exact) mass is 335 g/mol. The van der Waals surface area contributed by atoms with Crippen molar-refractivity contribution in [3.05, 3.63) is 59.7 Å². The van der Waals surface area contributed by atoms with Gasteiger partial charge in [0.15, 0.2) is 11.5 Å². The van der Waals surface area contributed by atoms with Gasteiger partial charge in [-0.05, 0) is 42.0 Å². The van der Waals surface area contributed by atoms with Crippen LogP contribution in [0.5, 0.6) is 11.5 Å². The van der Waals surface area contributed by atoms with Crippen molar-refractivity contribution in [2.75, 3.05) is 7.11 Å². The summed E-state index contributed by atoms with van der Waals surface area (Å²) in [7, 11) is 1.61. The van der Waals surface area contributed by atoms with Gasteiger partial charge in [0.2, 0.25) is 0 Å². The molecule has 0 spiro atoms. The Morgan fingerprint density at radius 3 is 2.64 bits per heavy atom. The van der Waals surface area contributed by atoms with E-state index in [-0.39, 0.29) is 5.91 Å². The summed E-state index contributed by atoms with van der Waals surface area (Å²) in [6.45, 7) is 0.886. The van der Waals surface area contributed by atoms with Crippen LogP contribution >= 0.6 is 0 Å². The van der Waals surface area contributed by atoms with Crippen LogP contribution in [0.25, 0.3) is 0 Å². The molecule has 2 aromatic carbocycles. The normalized spacial score (nSPS) is 12.7.